The second kappa shape index (κ2) is 11.2. The minimum atomic E-state index is -3.52. The van der Waals surface area contributed by atoms with Crippen molar-refractivity contribution in [3.05, 3.63) is 90.0 Å². The van der Waals surface area contributed by atoms with E-state index in [-0.39, 0.29) is 10.5 Å². The number of carbonyl (C=O) groups is 2. The van der Waals surface area contributed by atoms with Crippen LogP contribution in [-0.2, 0) is 26.2 Å². The molecular formula is C26H26N2O6S. The maximum Gasteiger partial charge on any atom is 0.338 e. The number of esters is 1. The molecule has 0 aromatic heterocycles. The third-order valence-corrected chi connectivity index (χ3v) is 7.41. The van der Waals surface area contributed by atoms with Crippen LogP contribution in [-0.4, -0.2) is 44.3 Å². The van der Waals surface area contributed by atoms with Gasteiger partial charge in [0.05, 0.1) is 10.5 Å². The number of rotatable bonds is 9. The number of hydrogen-bond donors (Lipinski definition) is 1. The van der Waals surface area contributed by atoms with Crippen LogP contribution in [0.2, 0.25) is 0 Å². The number of nitrogens with one attached hydrogen (secondary N) is 1. The molecule has 35 heavy (non-hydrogen) atoms. The van der Waals surface area contributed by atoms with Gasteiger partial charge in [-0.25, -0.2) is 13.2 Å². The quantitative estimate of drug-likeness (QED) is 0.454. The first-order chi connectivity index (χ1) is 16.9. The molecule has 0 radical (unpaired) electrons. The van der Waals surface area contributed by atoms with Crippen molar-refractivity contribution in [2.24, 2.45) is 0 Å². The lowest BCUT2D eigenvalue weighted by atomic mass is 10.2. The van der Waals surface area contributed by atoms with Crippen molar-refractivity contribution in [3.8, 4) is 5.75 Å². The summed E-state index contributed by atoms with van der Waals surface area (Å²) in [6.45, 7) is 0.921. The van der Waals surface area contributed by atoms with Gasteiger partial charge in [0.15, 0.2) is 6.61 Å². The zero-order valence-electron chi connectivity index (χ0n) is 19.1. The number of carbonyl (C=O) groups excluding carboxylic acids is 2. The number of ether oxygens (including phenoxy) is 2. The molecule has 1 fully saturated rings. The fraction of sp³-hybridized carbons (Fsp3) is 0.231. The van der Waals surface area contributed by atoms with E-state index in [0.717, 1.165) is 18.4 Å². The number of hydrogen-bond acceptors (Lipinski definition) is 6. The van der Waals surface area contributed by atoms with Crippen LogP contribution in [0.4, 0.5) is 5.69 Å². The van der Waals surface area contributed by atoms with Crippen molar-refractivity contribution in [2.45, 2.75) is 24.3 Å². The lowest BCUT2D eigenvalue weighted by Crippen LogP contribution is -2.27. The molecule has 0 atom stereocenters. The van der Waals surface area contributed by atoms with E-state index >= 15 is 0 Å². The molecule has 1 N–H and O–H groups in total. The normalized spacial score (nSPS) is 13.8. The summed E-state index contributed by atoms with van der Waals surface area (Å²) in [6, 6.07) is 22.1. The first-order valence-corrected chi connectivity index (χ1v) is 12.7. The van der Waals surface area contributed by atoms with E-state index in [1.165, 1.54) is 28.6 Å². The zero-order valence-corrected chi connectivity index (χ0v) is 19.9. The Morgan fingerprint density at radius 1 is 0.886 bits per heavy atom. The second-order valence-corrected chi connectivity index (χ2v) is 10.00. The maximum absolute atomic E-state index is 12.6. The Hall–Kier alpha value is -3.69. The monoisotopic (exact) mass is 494 g/mol. The second-order valence-electron chi connectivity index (χ2n) is 8.06. The van der Waals surface area contributed by atoms with Gasteiger partial charge in [-0.15, -0.1) is 0 Å². The Labute approximate surface area is 204 Å². The fourth-order valence-electron chi connectivity index (χ4n) is 3.65. The molecule has 1 aliphatic heterocycles. The average molecular weight is 495 g/mol. The fourth-order valence-corrected chi connectivity index (χ4v) is 5.17. The number of benzene rings is 3. The van der Waals surface area contributed by atoms with Crippen molar-refractivity contribution in [3.63, 3.8) is 0 Å². The van der Waals surface area contributed by atoms with Gasteiger partial charge in [-0.05, 0) is 60.9 Å². The lowest BCUT2D eigenvalue weighted by Gasteiger charge is -2.15. The SMILES string of the molecule is O=C(COC(=O)c1cccc(OCc2ccccc2)c1)Nc1ccc(S(=O)(=O)N2CCCC2)cc1. The molecule has 0 unspecified atom stereocenters. The molecule has 0 aliphatic carbocycles. The molecule has 1 saturated heterocycles. The molecule has 3 aromatic rings. The Bertz CT molecular complexity index is 1270. The summed E-state index contributed by atoms with van der Waals surface area (Å²) in [5, 5.41) is 2.60. The van der Waals surface area contributed by atoms with E-state index in [9.17, 15) is 18.0 Å². The molecule has 4 rings (SSSR count). The molecule has 1 amide bonds. The molecule has 9 heteroatoms. The summed E-state index contributed by atoms with van der Waals surface area (Å²) in [6.07, 6.45) is 1.72. The van der Waals surface area contributed by atoms with Gasteiger partial charge in [-0.1, -0.05) is 36.4 Å². The highest BCUT2D eigenvalue weighted by Gasteiger charge is 2.27. The van der Waals surface area contributed by atoms with Crippen LogP contribution >= 0.6 is 0 Å². The average Bonchev–Trinajstić information content (AvgIpc) is 3.43. The third-order valence-electron chi connectivity index (χ3n) is 5.49. The van der Waals surface area contributed by atoms with Crippen LogP contribution in [0, 0.1) is 0 Å². The van der Waals surface area contributed by atoms with Crippen LogP contribution in [0.3, 0.4) is 0 Å². The molecule has 0 spiro atoms. The van der Waals surface area contributed by atoms with Gasteiger partial charge in [0.2, 0.25) is 10.0 Å². The van der Waals surface area contributed by atoms with Crippen LogP contribution in [0.15, 0.2) is 83.8 Å². The van der Waals surface area contributed by atoms with Gasteiger partial charge in [0.25, 0.3) is 5.91 Å². The van der Waals surface area contributed by atoms with E-state index in [2.05, 4.69) is 5.32 Å². The molecule has 0 bridgehead atoms. The molecule has 8 nitrogen and oxygen atoms in total. The number of amides is 1. The van der Waals surface area contributed by atoms with Gasteiger partial charge in [0, 0.05) is 18.8 Å². The minimum Gasteiger partial charge on any atom is -0.489 e. The summed E-state index contributed by atoms with van der Waals surface area (Å²) in [5.41, 5.74) is 1.67. The predicted molar refractivity (Wildman–Crippen MR) is 131 cm³/mol. The van der Waals surface area contributed by atoms with E-state index in [0.29, 0.717) is 31.1 Å². The van der Waals surface area contributed by atoms with E-state index in [1.54, 1.807) is 24.3 Å². The van der Waals surface area contributed by atoms with Crippen LogP contribution < -0.4 is 10.1 Å². The molecule has 0 saturated carbocycles. The summed E-state index contributed by atoms with van der Waals surface area (Å²) in [7, 11) is -3.52. The summed E-state index contributed by atoms with van der Waals surface area (Å²) >= 11 is 0. The molecule has 182 valence electrons. The van der Waals surface area contributed by atoms with Gasteiger partial charge < -0.3 is 14.8 Å². The number of sulfonamides is 1. The van der Waals surface area contributed by atoms with Crippen molar-refractivity contribution in [2.75, 3.05) is 25.0 Å². The Morgan fingerprint density at radius 2 is 1.60 bits per heavy atom. The molecule has 3 aromatic carbocycles. The van der Waals surface area contributed by atoms with E-state index < -0.39 is 28.5 Å². The maximum atomic E-state index is 12.6. The number of anilines is 1. The Balaban J connectivity index is 1.27. The first kappa shape index (κ1) is 24.4. The Morgan fingerprint density at radius 3 is 2.31 bits per heavy atom. The molecule has 1 aliphatic rings. The Kier molecular flexibility index (Phi) is 7.79. The standard InChI is InChI=1S/C26H26N2O6S/c29-25(27-22-11-13-24(14-12-22)35(31,32)28-15-4-5-16-28)19-34-26(30)21-9-6-10-23(17-21)33-18-20-7-2-1-3-8-20/h1-3,6-14,17H,4-5,15-16,18-19H2,(H,27,29). The summed E-state index contributed by atoms with van der Waals surface area (Å²) in [5.74, 6) is -0.681. The van der Waals surface area contributed by atoms with Crippen molar-refractivity contribution in [1.82, 2.24) is 4.31 Å². The molecular weight excluding hydrogens is 468 g/mol. The summed E-state index contributed by atoms with van der Waals surface area (Å²) < 4.78 is 37.5. The third kappa shape index (κ3) is 6.46. The van der Waals surface area contributed by atoms with Crippen molar-refractivity contribution < 1.29 is 27.5 Å². The smallest absolute Gasteiger partial charge is 0.338 e. The van der Waals surface area contributed by atoms with Crippen LogP contribution in [0.5, 0.6) is 5.75 Å². The van der Waals surface area contributed by atoms with Gasteiger partial charge in [-0.3, -0.25) is 4.79 Å². The zero-order chi connectivity index (χ0) is 24.7. The summed E-state index contributed by atoms with van der Waals surface area (Å²) in [4.78, 5) is 24.8. The van der Waals surface area contributed by atoms with Crippen molar-refractivity contribution >= 4 is 27.6 Å². The highest BCUT2D eigenvalue weighted by Crippen LogP contribution is 2.22. The van der Waals surface area contributed by atoms with Crippen LogP contribution in [0.25, 0.3) is 0 Å². The lowest BCUT2D eigenvalue weighted by molar-refractivity contribution is -0.119. The molecule has 1 heterocycles. The van der Waals surface area contributed by atoms with Crippen LogP contribution in [0.1, 0.15) is 28.8 Å². The van der Waals surface area contributed by atoms with Gasteiger partial charge in [-0.2, -0.15) is 4.31 Å². The first-order valence-electron chi connectivity index (χ1n) is 11.3. The number of nitrogens with zero attached hydrogens (tertiary/aromatic N) is 1. The van der Waals surface area contributed by atoms with Gasteiger partial charge >= 0.3 is 5.97 Å². The largest absolute Gasteiger partial charge is 0.489 e. The minimum absolute atomic E-state index is 0.179. The van der Waals surface area contributed by atoms with E-state index in [4.69, 9.17) is 9.47 Å². The van der Waals surface area contributed by atoms with E-state index in [1.807, 2.05) is 30.3 Å². The topological polar surface area (TPSA) is 102 Å². The highest BCUT2D eigenvalue weighted by molar-refractivity contribution is 7.89. The van der Waals surface area contributed by atoms with Crippen molar-refractivity contribution in [1.29, 1.82) is 0 Å². The predicted octanol–water partition coefficient (Wildman–Crippen LogP) is 3.85. The highest BCUT2D eigenvalue weighted by atomic mass is 32.2. The van der Waals surface area contributed by atoms with Gasteiger partial charge in [0.1, 0.15) is 12.4 Å².